The van der Waals surface area contributed by atoms with Crippen molar-refractivity contribution < 1.29 is 42.1 Å². The van der Waals surface area contributed by atoms with Gasteiger partial charge < -0.3 is 35.3 Å². The average molecular weight is 524 g/mol. The quantitative estimate of drug-likeness (QED) is 0.394. The zero-order valence-electron chi connectivity index (χ0n) is 20.0. The van der Waals surface area contributed by atoms with Crippen molar-refractivity contribution in [1.29, 1.82) is 0 Å². The van der Waals surface area contributed by atoms with Crippen LogP contribution >= 0.6 is 0 Å². The summed E-state index contributed by atoms with van der Waals surface area (Å²) in [6, 6.07) is 8.58. The van der Waals surface area contributed by atoms with E-state index in [4.69, 9.17) is 14.2 Å². The average Bonchev–Trinajstić information content (AvgIpc) is 3.21. The van der Waals surface area contributed by atoms with Gasteiger partial charge in [-0.25, -0.2) is 4.79 Å². The summed E-state index contributed by atoms with van der Waals surface area (Å²) in [6.07, 6.45) is -5.36. The maximum absolute atomic E-state index is 12.7. The highest BCUT2D eigenvalue weighted by molar-refractivity contribution is 5.99. The Morgan fingerprint density at radius 3 is 2.49 bits per heavy atom. The predicted octanol–water partition coefficient (Wildman–Crippen LogP) is 3.50. The van der Waals surface area contributed by atoms with Crippen LogP contribution in [-0.2, 0) is 20.4 Å². The number of benzene rings is 2. The molecule has 9 nitrogen and oxygen atoms in total. The Morgan fingerprint density at radius 1 is 1.11 bits per heavy atom. The van der Waals surface area contributed by atoms with Crippen LogP contribution in [0.3, 0.4) is 0 Å². The molecule has 0 spiro atoms. The van der Waals surface area contributed by atoms with Crippen molar-refractivity contribution in [2.45, 2.75) is 43.2 Å². The summed E-state index contributed by atoms with van der Waals surface area (Å²) in [5.41, 5.74) is 0.657. The van der Waals surface area contributed by atoms with Crippen molar-refractivity contribution in [3.63, 3.8) is 0 Å². The molecule has 1 fully saturated rings. The lowest BCUT2D eigenvalue weighted by atomic mass is 9.84. The van der Waals surface area contributed by atoms with Gasteiger partial charge in [-0.05, 0) is 48.9 Å². The Balaban J connectivity index is 1.41. The van der Waals surface area contributed by atoms with Crippen LogP contribution < -0.4 is 20.7 Å². The fraction of sp³-hybridized carbons (Fsp3) is 0.440. The molecular weight excluding hydrogens is 495 g/mol. The number of carbonyl (C=O) groups excluding carboxylic acids is 2. The highest BCUT2D eigenvalue weighted by atomic mass is 19.4. The molecule has 3 amide bonds. The number of hydrogen-bond acceptors (Lipinski definition) is 6. The first-order chi connectivity index (χ1) is 17.7. The third kappa shape index (κ3) is 6.51. The number of methoxy groups -OCH3 is 1. The lowest BCUT2D eigenvalue weighted by Gasteiger charge is -2.37. The number of halogens is 3. The molecule has 0 aliphatic carbocycles. The number of urea groups is 1. The van der Waals surface area contributed by atoms with Crippen LogP contribution in [0, 0.1) is 0 Å². The number of hydrogen-bond donors (Lipinski definition) is 4. The van der Waals surface area contributed by atoms with Gasteiger partial charge in [-0.2, -0.15) is 13.2 Å². The van der Waals surface area contributed by atoms with Crippen LogP contribution in [0.4, 0.5) is 29.3 Å². The van der Waals surface area contributed by atoms with Gasteiger partial charge in [0, 0.05) is 36.5 Å². The number of amides is 3. The van der Waals surface area contributed by atoms with Gasteiger partial charge in [0.15, 0.2) is 0 Å². The van der Waals surface area contributed by atoms with Gasteiger partial charge in [-0.3, -0.25) is 4.79 Å². The zero-order valence-corrected chi connectivity index (χ0v) is 20.0. The van der Waals surface area contributed by atoms with E-state index in [2.05, 4.69) is 16.0 Å². The molecule has 2 heterocycles. The summed E-state index contributed by atoms with van der Waals surface area (Å²) >= 11 is 0. The number of ether oxygens (including phenoxy) is 3. The molecule has 2 aromatic rings. The Kier molecular flexibility index (Phi) is 8.20. The van der Waals surface area contributed by atoms with Crippen molar-refractivity contribution in [1.82, 2.24) is 5.32 Å². The molecule has 37 heavy (non-hydrogen) atoms. The number of fused-ring (bicyclic) bond motifs is 3. The standard InChI is InChI=1S/C25H28F3N3O6/c1-35-9-8-29-22(33)12-17-11-19-18-10-16(6-7-20(18)37-23(19)21(13-32)36-17)31-24(34)30-15-4-2-14(3-5-15)25(26,27)28/h2-7,10,17,19,21,23,32H,8-9,11-13H2,1H3,(H,29,33)(H2,30,31,34)/t17-,19+,21+,23-/m1/s1. The molecule has 2 aliphatic heterocycles. The summed E-state index contributed by atoms with van der Waals surface area (Å²) in [5, 5.41) is 17.8. The minimum absolute atomic E-state index is 0.117. The van der Waals surface area contributed by atoms with Crippen LogP contribution in [0.5, 0.6) is 5.75 Å². The second kappa shape index (κ2) is 11.4. The van der Waals surface area contributed by atoms with Gasteiger partial charge in [-0.15, -0.1) is 0 Å². The van der Waals surface area contributed by atoms with Crippen LogP contribution in [0.1, 0.15) is 29.9 Å². The number of carbonyl (C=O) groups is 2. The molecule has 0 aromatic heterocycles. The Morgan fingerprint density at radius 2 is 1.81 bits per heavy atom. The molecule has 4 N–H and O–H groups in total. The Bertz CT molecular complexity index is 1110. The van der Waals surface area contributed by atoms with E-state index < -0.39 is 36.1 Å². The molecule has 200 valence electrons. The highest BCUT2D eigenvalue weighted by Crippen LogP contribution is 2.47. The van der Waals surface area contributed by atoms with E-state index in [0.29, 0.717) is 31.0 Å². The minimum atomic E-state index is -4.46. The number of rotatable bonds is 8. The van der Waals surface area contributed by atoms with E-state index in [0.717, 1.165) is 17.7 Å². The summed E-state index contributed by atoms with van der Waals surface area (Å²) in [7, 11) is 1.54. The first-order valence-corrected chi connectivity index (χ1v) is 11.8. The molecule has 2 aliphatic rings. The smallest absolute Gasteiger partial charge is 0.416 e. The van der Waals surface area contributed by atoms with Crippen molar-refractivity contribution in [2.24, 2.45) is 0 Å². The van der Waals surface area contributed by atoms with Gasteiger partial charge in [0.05, 0.1) is 31.3 Å². The molecule has 2 aromatic carbocycles. The molecular formula is C25H28F3N3O6. The van der Waals surface area contributed by atoms with E-state index in [-0.39, 0.29) is 30.5 Å². The number of aliphatic hydroxyl groups is 1. The predicted molar refractivity (Wildman–Crippen MR) is 128 cm³/mol. The fourth-order valence-electron chi connectivity index (χ4n) is 4.57. The van der Waals surface area contributed by atoms with Crippen molar-refractivity contribution in [3.05, 3.63) is 53.6 Å². The molecule has 0 radical (unpaired) electrons. The van der Waals surface area contributed by atoms with E-state index in [9.17, 15) is 27.9 Å². The third-order valence-corrected chi connectivity index (χ3v) is 6.27. The first kappa shape index (κ1) is 26.7. The van der Waals surface area contributed by atoms with Crippen molar-refractivity contribution in [2.75, 3.05) is 37.5 Å². The summed E-state index contributed by atoms with van der Waals surface area (Å²) in [4.78, 5) is 24.7. The Hall–Kier alpha value is -3.35. The van der Waals surface area contributed by atoms with E-state index in [1.807, 2.05) is 0 Å². The van der Waals surface area contributed by atoms with E-state index in [1.54, 1.807) is 25.3 Å². The van der Waals surface area contributed by atoms with E-state index >= 15 is 0 Å². The SMILES string of the molecule is COCCNC(=O)C[C@H]1C[C@H]2c3cc(NC(=O)Nc4ccc(C(F)(F)F)cc4)ccc3O[C@H]2[C@H](CO)O1. The second-order valence-electron chi connectivity index (χ2n) is 8.86. The van der Waals surface area contributed by atoms with Gasteiger partial charge in [0.1, 0.15) is 18.0 Å². The molecule has 12 heteroatoms. The van der Waals surface area contributed by atoms with Gasteiger partial charge in [0.2, 0.25) is 5.91 Å². The van der Waals surface area contributed by atoms with Crippen LogP contribution in [0.15, 0.2) is 42.5 Å². The maximum Gasteiger partial charge on any atom is 0.416 e. The maximum atomic E-state index is 12.7. The normalized spacial score (nSPS) is 22.4. The van der Waals surface area contributed by atoms with Gasteiger partial charge in [0.25, 0.3) is 0 Å². The second-order valence-corrected chi connectivity index (χ2v) is 8.86. The Labute approximate surface area is 211 Å². The molecule has 0 saturated carbocycles. The molecule has 4 atom stereocenters. The van der Waals surface area contributed by atoms with Crippen LogP contribution in [0.2, 0.25) is 0 Å². The lowest BCUT2D eigenvalue weighted by Crippen LogP contribution is -2.47. The van der Waals surface area contributed by atoms with Gasteiger partial charge >= 0.3 is 12.2 Å². The fourth-order valence-corrected chi connectivity index (χ4v) is 4.57. The highest BCUT2D eigenvalue weighted by Gasteiger charge is 2.46. The molecule has 0 bridgehead atoms. The third-order valence-electron chi connectivity index (χ3n) is 6.27. The van der Waals surface area contributed by atoms with Crippen LogP contribution in [-0.4, -0.2) is 62.2 Å². The zero-order chi connectivity index (χ0) is 26.6. The van der Waals surface area contributed by atoms with E-state index in [1.165, 1.54) is 12.1 Å². The number of nitrogens with one attached hydrogen (secondary N) is 3. The monoisotopic (exact) mass is 523 g/mol. The molecule has 4 rings (SSSR count). The molecule has 1 saturated heterocycles. The summed E-state index contributed by atoms with van der Waals surface area (Å²) < 4.78 is 55.1. The minimum Gasteiger partial charge on any atom is -0.487 e. The van der Waals surface area contributed by atoms with Crippen molar-refractivity contribution in [3.8, 4) is 5.75 Å². The summed E-state index contributed by atoms with van der Waals surface area (Å²) in [5.74, 6) is 0.236. The van der Waals surface area contributed by atoms with Crippen molar-refractivity contribution >= 4 is 23.3 Å². The van der Waals surface area contributed by atoms with Gasteiger partial charge in [-0.1, -0.05) is 0 Å². The lowest BCUT2D eigenvalue weighted by molar-refractivity contribution is -0.142. The van der Waals surface area contributed by atoms with Crippen LogP contribution in [0.25, 0.3) is 0 Å². The number of aliphatic hydroxyl groups excluding tert-OH is 1. The topological polar surface area (TPSA) is 118 Å². The summed E-state index contributed by atoms with van der Waals surface area (Å²) in [6.45, 7) is 0.495. The number of anilines is 2. The number of alkyl halides is 3. The largest absolute Gasteiger partial charge is 0.487 e. The first-order valence-electron chi connectivity index (χ1n) is 11.8. The molecule has 0 unspecified atom stereocenters.